The molecule has 0 aliphatic carbocycles. The monoisotopic (exact) mass is 662 g/mol. The zero-order chi connectivity index (χ0) is 33.5. The van der Waals surface area contributed by atoms with E-state index in [9.17, 15) is 32.5 Å². The third-order valence-electron chi connectivity index (χ3n) is 7.31. The number of nitrogens with zero attached hydrogens (tertiary/aromatic N) is 3. The summed E-state index contributed by atoms with van der Waals surface area (Å²) < 4.78 is 48.3. The second-order valence-electron chi connectivity index (χ2n) is 10.4. The number of nitro groups is 1. The van der Waals surface area contributed by atoms with E-state index < -0.39 is 55.7 Å². The van der Waals surface area contributed by atoms with Crippen molar-refractivity contribution in [2.45, 2.75) is 64.1 Å². The molecule has 242 valence electrons. The van der Waals surface area contributed by atoms with Crippen molar-refractivity contribution in [1.29, 1.82) is 0 Å². The molecular formula is C31H36ClFN4O7S. The van der Waals surface area contributed by atoms with Crippen molar-refractivity contribution in [2.75, 3.05) is 18.0 Å². The molecule has 45 heavy (non-hydrogen) atoms. The van der Waals surface area contributed by atoms with Crippen LogP contribution >= 0.6 is 11.6 Å². The SMILES string of the molecule is CC[C@@H](C)NC(=O)[C@H](CC)N(Cc1ccc(F)cc1)C(=O)CN(c1cc(Cl)ccc1OC)S(=O)(=O)c1ccc(C)c([N+](=O)[O-])c1. The molecule has 1 N–H and O–H groups in total. The summed E-state index contributed by atoms with van der Waals surface area (Å²) >= 11 is 6.25. The van der Waals surface area contributed by atoms with E-state index in [0.717, 1.165) is 10.4 Å². The minimum absolute atomic E-state index is 0.0593. The van der Waals surface area contributed by atoms with E-state index in [0.29, 0.717) is 12.0 Å². The van der Waals surface area contributed by atoms with Crippen LogP contribution in [-0.4, -0.2) is 55.8 Å². The van der Waals surface area contributed by atoms with E-state index in [1.807, 2.05) is 13.8 Å². The lowest BCUT2D eigenvalue weighted by Crippen LogP contribution is -2.53. The highest BCUT2D eigenvalue weighted by Crippen LogP contribution is 2.36. The third-order valence-corrected chi connectivity index (χ3v) is 9.30. The Morgan fingerprint density at radius 1 is 1.07 bits per heavy atom. The number of aryl methyl sites for hydroxylation is 1. The number of hydrogen-bond donors (Lipinski definition) is 1. The normalized spacial score (nSPS) is 12.6. The number of methoxy groups -OCH3 is 1. The number of carbonyl (C=O) groups excluding carboxylic acids is 2. The second-order valence-corrected chi connectivity index (χ2v) is 12.7. The van der Waals surface area contributed by atoms with Gasteiger partial charge in [-0.25, -0.2) is 12.8 Å². The molecule has 0 fully saturated rings. The fourth-order valence-electron chi connectivity index (χ4n) is 4.59. The minimum Gasteiger partial charge on any atom is -0.495 e. The Labute approximate surface area is 267 Å². The van der Waals surface area contributed by atoms with Crippen LogP contribution in [0.15, 0.2) is 65.6 Å². The molecule has 0 heterocycles. The predicted molar refractivity (Wildman–Crippen MR) is 169 cm³/mol. The van der Waals surface area contributed by atoms with Gasteiger partial charge in [-0.2, -0.15) is 0 Å². The van der Waals surface area contributed by atoms with Gasteiger partial charge < -0.3 is 15.0 Å². The zero-order valence-corrected chi connectivity index (χ0v) is 27.2. The number of nitrogens with one attached hydrogen (secondary N) is 1. The van der Waals surface area contributed by atoms with Crippen LogP contribution in [0.25, 0.3) is 0 Å². The van der Waals surface area contributed by atoms with Crippen molar-refractivity contribution in [1.82, 2.24) is 10.2 Å². The summed E-state index contributed by atoms with van der Waals surface area (Å²) in [6, 6.07) is 11.8. The van der Waals surface area contributed by atoms with Crippen molar-refractivity contribution in [3.8, 4) is 5.75 Å². The summed E-state index contributed by atoms with van der Waals surface area (Å²) in [5, 5.41) is 14.7. The van der Waals surface area contributed by atoms with E-state index in [1.54, 1.807) is 6.92 Å². The molecule has 0 unspecified atom stereocenters. The van der Waals surface area contributed by atoms with Gasteiger partial charge in [0.05, 0.1) is 22.6 Å². The van der Waals surface area contributed by atoms with Crippen LogP contribution in [0, 0.1) is 22.9 Å². The molecule has 0 saturated heterocycles. The van der Waals surface area contributed by atoms with Crippen molar-refractivity contribution in [2.24, 2.45) is 0 Å². The number of nitro benzene ring substituents is 1. The molecule has 11 nitrogen and oxygen atoms in total. The highest BCUT2D eigenvalue weighted by atomic mass is 35.5. The lowest BCUT2D eigenvalue weighted by Gasteiger charge is -2.34. The van der Waals surface area contributed by atoms with Crippen molar-refractivity contribution in [3.63, 3.8) is 0 Å². The Kier molecular flexibility index (Phi) is 11.9. The van der Waals surface area contributed by atoms with Gasteiger partial charge in [-0.05, 0) is 68.7 Å². The van der Waals surface area contributed by atoms with Crippen LogP contribution in [0.4, 0.5) is 15.8 Å². The maximum Gasteiger partial charge on any atom is 0.273 e. The molecule has 14 heteroatoms. The average Bonchev–Trinajstić information content (AvgIpc) is 3.00. The Bertz CT molecular complexity index is 1650. The van der Waals surface area contributed by atoms with Crippen molar-refractivity contribution in [3.05, 3.63) is 92.7 Å². The maximum atomic E-state index is 14.2. The first-order chi connectivity index (χ1) is 21.2. The fourth-order valence-corrected chi connectivity index (χ4v) is 6.20. The first-order valence-electron chi connectivity index (χ1n) is 14.2. The minimum atomic E-state index is -4.67. The van der Waals surface area contributed by atoms with Crippen LogP contribution in [0.3, 0.4) is 0 Å². The summed E-state index contributed by atoms with van der Waals surface area (Å²) in [6.07, 6.45) is 0.823. The number of hydrogen-bond acceptors (Lipinski definition) is 7. The number of benzene rings is 3. The van der Waals surface area contributed by atoms with Gasteiger partial charge in [0.2, 0.25) is 11.8 Å². The van der Waals surface area contributed by atoms with Gasteiger partial charge in [-0.15, -0.1) is 0 Å². The lowest BCUT2D eigenvalue weighted by molar-refractivity contribution is -0.385. The molecule has 3 aromatic rings. The second kappa shape index (κ2) is 15.2. The maximum absolute atomic E-state index is 14.2. The van der Waals surface area contributed by atoms with Gasteiger partial charge in [0.1, 0.15) is 24.2 Å². The first-order valence-corrected chi connectivity index (χ1v) is 16.0. The van der Waals surface area contributed by atoms with Crippen LogP contribution < -0.4 is 14.4 Å². The number of amides is 2. The molecular weight excluding hydrogens is 627 g/mol. The standard InChI is InChI=1S/C31H36ClFN4O7S/c1-6-21(4)34-31(39)26(7-2)35(18-22-9-12-24(33)13-10-22)30(38)19-36(28-16-23(32)11-15-29(28)44-5)45(42,43)25-14-8-20(3)27(17-25)37(40)41/h8-17,21,26H,6-7,18-19H2,1-5H3,(H,34,39)/t21-,26+/m1/s1. The van der Waals surface area contributed by atoms with E-state index in [4.69, 9.17) is 16.3 Å². The van der Waals surface area contributed by atoms with Crippen LogP contribution in [0.5, 0.6) is 5.75 Å². The largest absolute Gasteiger partial charge is 0.495 e. The number of sulfonamides is 1. The van der Waals surface area contributed by atoms with Crippen molar-refractivity contribution >= 4 is 44.8 Å². The van der Waals surface area contributed by atoms with E-state index >= 15 is 0 Å². The molecule has 3 rings (SSSR count). The third kappa shape index (κ3) is 8.49. The molecule has 0 saturated carbocycles. The number of halogens is 2. The number of anilines is 1. The molecule has 0 bridgehead atoms. The topological polar surface area (TPSA) is 139 Å². The average molecular weight is 663 g/mol. The van der Waals surface area contributed by atoms with E-state index in [2.05, 4.69) is 5.32 Å². The smallest absolute Gasteiger partial charge is 0.273 e. The molecule has 0 aliphatic heterocycles. The number of ether oxygens (including phenoxy) is 1. The quantitative estimate of drug-likeness (QED) is 0.175. The lowest BCUT2D eigenvalue weighted by atomic mass is 10.1. The summed E-state index contributed by atoms with van der Waals surface area (Å²) in [6.45, 7) is 5.93. The molecule has 0 spiro atoms. The Morgan fingerprint density at radius 3 is 2.31 bits per heavy atom. The highest BCUT2D eigenvalue weighted by Gasteiger charge is 2.36. The zero-order valence-electron chi connectivity index (χ0n) is 25.6. The van der Waals surface area contributed by atoms with Gasteiger partial charge in [-0.1, -0.05) is 43.6 Å². The number of carbonyl (C=O) groups is 2. The molecule has 2 amide bonds. The van der Waals surface area contributed by atoms with Gasteiger partial charge in [0.15, 0.2) is 0 Å². The first kappa shape index (κ1) is 35.3. The molecule has 0 aliphatic rings. The highest BCUT2D eigenvalue weighted by molar-refractivity contribution is 7.92. The Morgan fingerprint density at radius 2 is 1.73 bits per heavy atom. The molecule has 3 aromatic carbocycles. The molecule has 0 radical (unpaired) electrons. The van der Waals surface area contributed by atoms with Crippen LogP contribution in [0.1, 0.15) is 44.7 Å². The Balaban J connectivity index is 2.18. The Hall–Kier alpha value is -4.23. The van der Waals surface area contributed by atoms with Gasteiger partial charge in [0, 0.05) is 29.2 Å². The van der Waals surface area contributed by atoms with E-state index in [-0.39, 0.29) is 41.0 Å². The van der Waals surface area contributed by atoms with E-state index in [1.165, 1.54) is 73.5 Å². The van der Waals surface area contributed by atoms with Gasteiger partial charge >= 0.3 is 0 Å². The summed E-state index contributed by atoms with van der Waals surface area (Å²) in [5.74, 6) is -1.64. The summed E-state index contributed by atoms with van der Waals surface area (Å²) in [5.41, 5.74) is 0.223. The van der Waals surface area contributed by atoms with Gasteiger partial charge in [-0.3, -0.25) is 24.0 Å². The van der Waals surface area contributed by atoms with Gasteiger partial charge in [0.25, 0.3) is 15.7 Å². The molecule has 2 atom stereocenters. The summed E-state index contributed by atoms with van der Waals surface area (Å²) in [7, 11) is -3.36. The van der Waals surface area contributed by atoms with Crippen molar-refractivity contribution < 1.29 is 32.1 Å². The fraction of sp³-hybridized carbons (Fsp3) is 0.355. The van der Waals surface area contributed by atoms with Crippen LogP contribution in [-0.2, 0) is 26.2 Å². The number of rotatable bonds is 14. The summed E-state index contributed by atoms with van der Waals surface area (Å²) in [4.78, 5) is 39.4. The molecule has 0 aromatic heterocycles. The van der Waals surface area contributed by atoms with Crippen LogP contribution in [0.2, 0.25) is 5.02 Å². The predicted octanol–water partition coefficient (Wildman–Crippen LogP) is 5.62.